The Morgan fingerprint density at radius 3 is 1.44 bits per heavy atom. The van der Waals surface area contributed by atoms with E-state index in [1.165, 1.54) is 0 Å². The van der Waals surface area contributed by atoms with Crippen LogP contribution in [0, 0.1) is 11.8 Å². The summed E-state index contributed by atoms with van der Waals surface area (Å²) in [5.41, 5.74) is 4.04. The van der Waals surface area contributed by atoms with Gasteiger partial charge in [0.05, 0.1) is 23.9 Å². The van der Waals surface area contributed by atoms with Crippen LogP contribution in [0.4, 0.5) is 4.79 Å². The molecule has 2 fully saturated rings. The third-order valence-corrected chi connectivity index (χ3v) is 8.65. The van der Waals surface area contributed by atoms with E-state index in [1.807, 2.05) is 77.7 Å². The Bertz CT molecular complexity index is 1350. The van der Waals surface area contributed by atoms with Crippen LogP contribution in [0.2, 0.25) is 0 Å². The van der Waals surface area contributed by atoms with Crippen molar-refractivity contribution in [3.05, 3.63) is 144 Å². The van der Waals surface area contributed by atoms with Crippen molar-refractivity contribution in [1.82, 2.24) is 15.5 Å². The summed E-state index contributed by atoms with van der Waals surface area (Å²) in [6, 6.07) is 39.1. The summed E-state index contributed by atoms with van der Waals surface area (Å²) in [5, 5.41) is 7.17. The Kier molecular flexibility index (Phi) is 7.97. The van der Waals surface area contributed by atoms with Gasteiger partial charge in [-0.25, -0.2) is 4.79 Å². The van der Waals surface area contributed by atoms with Gasteiger partial charge in [0, 0.05) is 18.6 Å². The van der Waals surface area contributed by atoms with E-state index in [9.17, 15) is 9.59 Å². The van der Waals surface area contributed by atoms with Gasteiger partial charge < -0.3 is 15.5 Å². The van der Waals surface area contributed by atoms with Gasteiger partial charge in [-0.05, 0) is 28.7 Å². The van der Waals surface area contributed by atoms with Crippen LogP contribution in [0.1, 0.15) is 66.2 Å². The van der Waals surface area contributed by atoms with Crippen molar-refractivity contribution in [3.63, 3.8) is 0 Å². The maximum absolute atomic E-state index is 15.0. The second kappa shape index (κ2) is 12.1. The first-order valence-electron chi connectivity index (χ1n) is 14.7. The minimum absolute atomic E-state index is 0.121. The Balaban J connectivity index is 1.58. The van der Waals surface area contributed by atoms with E-state index >= 15 is 0 Å². The molecule has 5 heteroatoms. The van der Waals surface area contributed by atoms with E-state index in [0.29, 0.717) is 6.54 Å². The quantitative estimate of drug-likeness (QED) is 0.243. The van der Waals surface area contributed by atoms with E-state index in [0.717, 1.165) is 35.1 Å². The molecule has 6 unspecified atom stereocenters. The SMILES string of the molecule is CCCCNC(=O)N1C(c2ccccc2)C2C(=O)C(C(c3ccccc3)NC2c2ccccc2)C1c1ccccc1. The van der Waals surface area contributed by atoms with Crippen molar-refractivity contribution in [2.24, 2.45) is 11.8 Å². The van der Waals surface area contributed by atoms with Gasteiger partial charge in [0.25, 0.3) is 0 Å². The predicted octanol–water partition coefficient (Wildman–Crippen LogP) is 7.18. The van der Waals surface area contributed by atoms with E-state index in [-0.39, 0.29) is 23.9 Å². The topological polar surface area (TPSA) is 61.4 Å². The molecule has 5 nitrogen and oxygen atoms in total. The average molecular weight is 544 g/mol. The Morgan fingerprint density at radius 1 is 0.659 bits per heavy atom. The summed E-state index contributed by atoms with van der Waals surface area (Å²) < 4.78 is 0. The number of benzene rings is 4. The molecule has 2 aliphatic rings. The van der Waals surface area contributed by atoms with Crippen LogP contribution in [0.25, 0.3) is 0 Å². The van der Waals surface area contributed by atoms with Gasteiger partial charge in [-0.1, -0.05) is 135 Å². The molecule has 41 heavy (non-hydrogen) atoms. The number of hydrogen-bond donors (Lipinski definition) is 2. The number of Topliss-reactive ketones (excluding diaryl/α,β-unsaturated/α-hetero) is 1. The predicted molar refractivity (Wildman–Crippen MR) is 162 cm³/mol. The minimum Gasteiger partial charge on any atom is -0.338 e. The van der Waals surface area contributed by atoms with Crippen LogP contribution in [0.5, 0.6) is 0 Å². The summed E-state index contributed by atoms with van der Waals surface area (Å²) in [4.78, 5) is 31.3. The molecule has 2 aliphatic heterocycles. The summed E-state index contributed by atoms with van der Waals surface area (Å²) in [7, 11) is 0. The minimum atomic E-state index is -0.457. The normalized spacial score (nSPS) is 25.5. The molecule has 4 aromatic rings. The highest BCUT2D eigenvalue weighted by Gasteiger charge is 2.59. The van der Waals surface area contributed by atoms with Gasteiger partial charge in [0.15, 0.2) is 0 Å². The van der Waals surface area contributed by atoms with Gasteiger partial charge in [-0.2, -0.15) is 0 Å². The number of amides is 2. The van der Waals surface area contributed by atoms with Crippen LogP contribution in [0.3, 0.4) is 0 Å². The van der Waals surface area contributed by atoms with Crippen molar-refractivity contribution in [2.75, 3.05) is 6.54 Å². The van der Waals surface area contributed by atoms with Crippen molar-refractivity contribution >= 4 is 11.8 Å². The number of rotatable bonds is 7. The zero-order valence-corrected chi connectivity index (χ0v) is 23.4. The molecule has 0 aromatic heterocycles. The lowest BCUT2D eigenvalue weighted by atomic mass is 9.63. The molecular formula is C36H37N3O2. The summed E-state index contributed by atoms with van der Waals surface area (Å²) in [6.07, 6.45) is 1.89. The Morgan fingerprint density at radius 2 is 1.05 bits per heavy atom. The maximum atomic E-state index is 15.0. The molecule has 2 amide bonds. The van der Waals surface area contributed by atoms with Crippen molar-refractivity contribution in [2.45, 2.75) is 43.9 Å². The lowest BCUT2D eigenvalue weighted by molar-refractivity contribution is -0.146. The fourth-order valence-electron chi connectivity index (χ4n) is 6.83. The zero-order chi connectivity index (χ0) is 28.2. The highest BCUT2D eigenvalue weighted by atomic mass is 16.2. The lowest BCUT2D eigenvalue weighted by Gasteiger charge is -2.57. The van der Waals surface area contributed by atoms with Crippen molar-refractivity contribution in [3.8, 4) is 0 Å². The number of carbonyl (C=O) groups is 2. The number of fused-ring (bicyclic) bond motifs is 2. The third-order valence-electron chi connectivity index (χ3n) is 8.65. The van der Waals surface area contributed by atoms with Gasteiger partial charge in [0.1, 0.15) is 5.78 Å². The molecule has 0 aliphatic carbocycles. The number of nitrogens with zero attached hydrogens (tertiary/aromatic N) is 1. The number of unbranched alkanes of at least 4 members (excludes halogenated alkanes) is 1. The third kappa shape index (κ3) is 5.18. The molecule has 0 radical (unpaired) electrons. The molecule has 4 aromatic carbocycles. The van der Waals surface area contributed by atoms with Crippen LogP contribution in [-0.4, -0.2) is 23.3 Å². The number of hydrogen-bond acceptors (Lipinski definition) is 3. The molecule has 2 bridgehead atoms. The second-order valence-corrected chi connectivity index (χ2v) is 11.1. The van der Waals surface area contributed by atoms with Crippen molar-refractivity contribution < 1.29 is 9.59 Å². The number of urea groups is 1. The molecule has 2 saturated heterocycles. The molecule has 0 spiro atoms. The number of likely N-dealkylation sites (tertiary alicyclic amines) is 1. The number of piperidine rings is 2. The number of ketones is 1. The first-order chi connectivity index (χ1) is 20.2. The van der Waals surface area contributed by atoms with Crippen LogP contribution in [-0.2, 0) is 4.79 Å². The largest absolute Gasteiger partial charge is 0.338 e. The summed E-state index contributed by atoms with van der Waals surface area (Å²) >= 11 is 0. The van der Waals surface area contributed by atoms with Crippen LogP contribution < -0.4 is 10.6 Å². The van der Waals surface area contributed by atoms with E-state index in [4.69, 9.17) is 0 Å². The standard InChI is InChI=1S/C36H37N3O2/c1-2-3-24-37-36(41)39-33(27-20-12-6-13-21-27)29-31(25-16-8-4-9-17-25)38-32(26-18-10-5-11-19-26)30(35(29)40)34(39)28-22-14-7-15-23-28/h4-23,29-34,38H,2-3,24H2,1H3,(H,37,41). The number of carbonyl (C=O) groups excluding carboxylic acids is 2. The van der Waals surface area contributed by atoms with Gasteiger partial charge in [-0.3, -0.25) is 4.79 Å². The van der Waals surface area contributed by atoms with Crippen LogP contribution >= 0.6 is 0 Å². The molecule has 2 N–H and O–H groups in total. The molecule has 6 rings (SSSR count). The van der Waals surface area contributed by atoms with Gasteiger partial charge in [-0.15, -0.1) is 0 Å². The average Bonchev–Trinajstić information content (AvgIpc) is 3.03. The highest BCUT2D eigenvalue weighted by molar-refractivity contribution is 5.91. The Labute approximate surface area is 242 Å². The fraction of sp³-hybridized carbons (Fsp3) is 0.278. The molecule has 0 saturated carbocycles. The first kappa shape index (κ1) is 27.0. The van der Waals surface area contributed by atoms with Crippen molar-refractivity contribution in [1.29, 1.82) is 0 Å². The first-order valence-corrected chi connectivity index (χ1v) is 14.7. The molecule has 208 valence electrons. The number of nitrogens with one attached hydrogen (secondary N) is 2. The van der Waals surface area contributed by atoms with E-state index in [1.54, 1.807) is 0 Å². The second-order valence-electron chi connectivity index (χ2n) is 11.1. The Hall–Kier alpha value is -4.22. The fourth-order valence-corrected chi connectivity index (χ4v) is 6.83. The van der Waals surface area contributed by atoms with E-state index < -0.39 is 23.9 Å². The summed E-state index contributed by atoms with van der Waals surface area (Å²) in [6.45, 7) is 2.72. The van der Waals surface area contributed by atoms with Gasteiger partial charge in [0.2, 0.25) is 0 Å². The summed E-state index contributed by atoms with van der Waals surface area (Å²) in [5.74, 6) is -0.713. The smallest absolute Gasteiger partial charge is 0.318 e. The van der Waals surface area contributed by atoms with E-state index in [2.05, 4.69) is 66.1 Å². The molecular weight excluding hydrogens is 506 g/mol. The van der Waals surface area contributed by atoms with Gasteiger partial charge >= 0.3 is 6.03 Å². The monoisotopic (exact) mass is 543 g/mol. The molecule has 6 atom stereocenters. The van der Waals surface area contributed by atoms with Crippen LogP contribution in [0.15, 0.2) is 121 Å². The zero-order valence-electron chi connectivity index (χ0n) is 23.4. The highest BCUT2D eigenvalue weighted by Crippen LogP contribution is 2.56. The molecule has 2 heterocycles. The lowest BCUT2D eigenvalue weighted by Crippen LogP contribution is -2.63. The maximum Gasteiger partial charge on any atom is 0.318 e.